The third-order valence-corrected chi connectivity index (χ3v) is 6.26. The summed E-state index contributed by atoms with van der Waals surface area (Å²) >= 11 is 1.77. The van der Waals surface area contributed by atoms with Gasteiger partial charge in [-0.3, -0.25) is 4.90 Å². The maximum atomic E-state index is 5.90. The van der Waals surface area contributed by atoms with Crippen molar-refractivity contribution >= 4 is 11.8 Å². The molecule has 28 heavy (non-hydrogen) atoms. The molecule has 0 bridgehead atoms. The van der Waals surface area contributed by atoms with Gasteiger partial charge in [0.25, 0.3) is 0 Å². The number of benzene rings is 1. The van der Waals surface area contributed by atoms with Crippen LogP contribution in [0.15, 0.2) is 41.1 Å². The molecule has 1 aliphatic heterocycles. The van der Waals surface area contributed by atoms with Crippen molar-refractivity contribution in [2.24, 2.45) is 0 Å². The molecule has 3 rings (SSSR count). The van der Waals surface area contributed by atoms with Crippen LogP contribution in [-0.4, -0.2) is 46.0 Å². The molecule has 1 aromatic carbocycles. The number of aryl methyl sites for hydroxylation is 1. The standard InChI is InChI=1S/C22H32N4OS/c1-5-17(2)13-25(4)15-21-23-24-22(26(21)14-20-11-8-12-27-20)28-16-19-10-7-6-9-18(19)3/h5-7,9-10,20H,8,11-16H2,1-4H3. The molecule has 1 aromatic heterocycles. The summed E-state index contributed by atoms with van der Waals surface area (Å²) in [6.45, 7) is 9.85. The van der Waals surface area contributed by atoms with Crippen LogP contribution in [0.1, 0.15) is 43.6 Å². The molecule has 2 aromatic rings. The van der Waals surface area contributed by atoms with Gasteiger partial charge >= 0.3 is 0 Å². The topological polar surface area (TPSA) is 43.2 Å². The van der Waals surface area contributed by atoms with Gasteiger partial charge in [-0.05, 0) is 51.8 Å². The molecule has 1 aliphatic rings. The third kappa shape index (κ3) is 5.69. The average molecular weight is 401 g/mol. The molecular formula is C22H32N4OS. The van der Waals surface area contributed by atoms with Gasteiger partial charge in [-0.2, -0.15) is 0 Å². The first-order chi connectivity index (χ1) is 13.6. The summed E-state index contributed by atoms with van der Waals surface area (Å²) in [6, 6.07) is 8.54. The smallest absolute Gasteiger partial charge is 0.191 e. The lowest BCUT2D eigenvalue weighted by Gasteiger charge is -2.19. The van der Waals surface area contributed by atoms with E-state index in [1.165, 1.54) is 16.7 Å². The number of rotatable bonds is 9. The number of hydrogen-bond donors (Lipinski definition) is 0. The van der Waals surface area contributed by atoms with Crippen LogP contribution in [0.3, 0.4) is 0 Å². The predicted octanol–water partition coefficient (Wildman–Crippen LogP) is 4.46. The van der Waals surface area contributed by atoms with Crippen LogP contribution in [0.4, 0.5) is 0 Å². The van der Waals surface area contributed by atoms with Gasteiger partial charge in [-0.15, -0.1) is 10.2 Å². The lowest BCUT2D eigenvalue weighted by molar-refractivity contribution is 0.0935. The highest BCUT2D eigenvalue weighted by molar-refractivity contribution is 7.98. The fourth-order valence-electron chi connectivity index (χ4n) is 3.45. The van der Waals surface area contributed by atoms with E-state index in [4.69, 9.17) is 4.74 Å². The van der Waals surface area contributed by atoms with E-state index in [1.54, 1.807) is 11.8 Å². The minimum atomic E-state index is 0.273. The fourth-order valence-corrected chi connectivity index (χ4v) is 4.49. The molecule has 152 valence electrons. The molecule has 0 radical (unpaired) electrons. The number of nitrogens with zero attached hydrogens (tertiary/aromatic N) is 4. The Kier molecular flexibility index (Phi) is 7.71. The lowest BCUT2D eigenvalue weighted by atomic mass is 10.1. The van der Waals surface area contributed by atoms with Crippen molar-refractivity contribution in [1.82, 2.24) is 19.7 Å². The largest absolute Gasteiger partial charge is 0.376 e. The van der Waals surface area contributed by atoms with Crippen molar-refractivity contribution < 1.29 is 4.74 Å². The molecule has 5 nitrogen and oxygen atoms in total. The number of ether oxygens (including phenoxy) is 1. The van der Waals surface area contributed by atoms with Gasteiger partial charge in [-0.1, -0.05) is 47.7 Å². The Morgan fingerprint density at radius 2 is 2.18 bits per heavy atom. The van der Waals surface area contributed by atoms with E-state index >= 15 is 0 Å². The van der Waals surface area contributed by atoms with Gasteiger partial charge in [0.15, 0.2) is 5.16 Å². The Hall–Kier alpha value is -1.63. The highest BCUT2D eigenvalue weighted by atomic mass is 32.2. The number of hydrogen-bond acceptors (Lipinski definition) is 5. The molecule has 1 saturated heterocycles. The van der Waals surface area contributed by atoms with Crippen LogP contribution in [0.5, 0.6) is 0 Å². The highest BCUT2D eigenvalue weighted by Gasteiger charge is 2.21. The SMILES string of the molecule is CC=C(C)CN(C)Cc1nnc(SCc2ccccc2C)n1CC1CCCO1. The zero-order chi connectivity index (χ0) is 19.9. The van der Waals surface area contributed by atoms with Gasteiger partial charge in [0.1, 0.15) is 5.82 Å². The average Bonchev–Trinajstić information content (AvgIpc) is 3.32. The summed E-state index contributed by atoms with van der Waals surface area (Å²) in [5.41, 5.74) is 4.03. The van der Waals surface area contributed by atoms with Crippen LogP contribution in [0.25, 0.3) is 0 Å². The number of thioether (sulfide) groups is 1. The minimum absolute atomic E-state index is 0.273. The normalized spacial score (nSPS) is 17.6. The maximum Gasteiger partial charge on any atom is 0.191 e. The Morgan fingerprint density at radius 3 is 2.89 bits per heavy atom. The molecule has 1 fully saturated rings. The van der Waals surface area contributed by atoms with Crippen molar-refractivity contribution in [3.63, 3.8) is 0 Å². The maximum absolute atomic E-state index is 5.90. The van der Waals surface area contributed by atoms with Gasteiger partial charge in [0.05, 0.1) is 19.2 Å². The second kappa shape index (κ2) is 10.2. The summed E-state index contributed by atoms with van der Waals surface area (Å²) in [5.74, 6) is 1.93. The molecule has 0 aliphatic carbocycles. The first-order valence-electron chi connectivity index (χ1n) is 10.1. The first-order valence-corrected chi connectivity index (χ1v) is 11.1. The van der Waals surface area contributed by atoms with E-state index < -0.39 is 0 Å². The quantitative estimate of drug-likeness (QED) is 0.459. The molecular weight excluding hydrogens is 368 g/mol. The van der Waals surface area contributed by atoms with Gasteiger partial charge in [-0.25, -0.2) is 0 Å². The van der Waals surface area contributed by atoms with Crippen LogP contribution < -0.4 is 0 Å². The second-order valence-corrected chi connectivity index (χ2v) is 8.61. The Labute approximate surface area is 173 Å². The summed E-state index contributed by atoms with van der Waals surface area (Å²) in [5, 5.41) is 10.1. The van der Waals surface area contributed by atoms with Crippen LogP contribution >= 0.6 is 11.8 Å². The highest BCUT2D eigenvalue weighted by Crippen LogP contribution is 2.26. The van der Waals surface area contributed by atoms with E-state index in [0.29, 0.717) is 0 Å². The molecule has 0 saturated carbocycles. The number of allylic oxidation sites excluding steroid dienone is 1. The van der Waals surface area contributed by atoms with Gasteiger partial charge in [0.2, 0.25) is 0 Å². The molecule has 0 amide bonds. The second-order valence-electron chi connectivity index (χ2n) is 7.67. The summed E-state index contributed by atoms with van der Waals surface area (Å²) in [7, 11) is 2.14. The lowest BCUT2D eigenvalue weighted by Crippen LogP contribution is -2.24. The van der Waals surface area contributed by atoms with Gasteiger partial charge in [0, 0.05) is 18.9 Å². The molecule has 1 unspecified atom stereocenters. The Morgan fingerprint density at radius 1 is 1.36 bits per heavy atom. The Bertz CT molecular complexity index is 796. The summed E-state index contributed by atoms with van der Waals surface area (Å²) in [4.78, 5) is 2.29. The molecule has 0 spiro atoms. The summed E-state index contributed by atoms with van der Waals surface area (Å²) in [6.07, 6.45) is 4.70. The molecule has 1 atom stereocenters. The van der Waals surface area contributed by atoms with Crippen molar-refractivity contribution in [3.8, 4) is 0 Å². The van der Waals surface area contributed by atoms with Crippen LogP contribution in [-0.2, 0) is 23.6 Å². The molecule has 6 heteroatoms. The van der Waals surface area contributed by atoms with E-state index in [0.717, 1.165) is 55.8 Å². The molecule has 2 heterocycles. The van der Waals surface area contributed by atoms with Crippen molar-refractivity contribution in [1.29, 1.82) is 0 Å². The minimum Gasteiger partial charge on any atom is -0.376 e. The van der Waals surface area contributed by atoms with Crippen LogP contribution in [0, 0.1) is 6.92 Å². The Balaban J connectivity index is 1.74. The van der Waals surface area contributed by atoms with Crippen molar-refractivity contribution in [3.05, 3.63) is 52.9 Å². The first kappa shape index (κ1) is 21.1. The number of likely N-dealkylation sites (N-methyl/N-ethyl adjacent to an activating group) is 1. The zero-order valence-corrected chi connectivity index (χ0v) is 18.3. The van der Waals surface area contributed by atoms with E-state index in [1.807, 2.05) is 0 Å². The monoisotopic (exact) mass is 400 g/mol. The molecule has 0 N–H and O–H groups in total. The van der Waals surface area contributed by atoms with E-state index in [2.05, 4.69) is 77.8 Å². The predicted molar refractivity (Wildman–Crippen MR) is 116 cm³/mol. The van der Waals surface area contributed by atoms with E-state index in [9.17, 15) is 0 Å². The summed E-state index contributed by atoms with van der Waals surface area (Å²) < 4.78 is 8.17. The fraction of sp³-hybridized carbons (Fsp3) is 0.545. The van der Waals surface area contributed by atoms with Gasteiger partial charge < -0.3 is 9.30 Å². The van der Waals surface area contributed by atoms with Crippen LogP contribution in [0.2, 0.25) is 0 Å². The van der Waals surface area contributed by atoms with Crippen molar-refractivity contribution in [2.75, 3.05) is 20.2 Å². The number of aromatic nitrogens is 3. The zero-order valence-electron chi connectivity index (χ0n) is 17.5. The third-order valence-electron chi connectivity index (χ3n) is 5.25. The van der Waals surface area contributed by atoms with Crippen molar-refractivity contribution in [2.45, 2.75) is 63.7 Å². The van der Waals surface area contributed by atoms with E-state index in [-0.39, 0.29) is 6.10 Å².